The maximum Gasteiger partial charge on any atom is 0.271 e. The van der Waals surface area contributed by atoms with Crippen LogP contribution in [0.5, 0.6) is 5.75 Å². The van der Waals surface area contributed by atoms with E-state index in [9.17, 15) is 9.59 Å². The fourth-order valence-corrected chi connectivity index (χ4v) is 3.49. The van der Waals surface area contributed by atoms with Crippen LogP contribution in [0.1, 0.15) is 27.6 Å². The molecule has 0 bridgehead atoms. The number of hydrogen-bond acceptors (Lipinski definition) is 4. The lowest BCUT2D eigenvalue weighted by atomic mass is 10.2. The highest BCUT2D eigenvalue weighted by molar-refractivity contribution is 5.99. The van der Waals surface area contributed by atoms with Crippen molar-refractivity contribution in [2.24, 2.45) is 14.1 Å². The van der Waals surface area contributed by atoms with Gasteiger partial charge in [-0.3, -0.25) is 14.2 Å². The van der Waals surface area contributed by atoms with Crippen LogP contribution < -0.4 is 10.3 Å². The molecule has 2 aromatic heterocycles. The first-order chi connectivity index (χ1) is 12.4. The maximum absolute atomic E-state index is 13.1. The number of methoxy groups -OCH3 is 1. The van der Waals surface area contributed by atoms with E-state index in [4.69, 9.17) is 4.74 Å². The van der Waals surface area contributed by atoms with Crippen molar-refractivity contribution < 1.29 is 9.53 Å². The van der Waals surface area contributed by atoms with Crippen molar-refractivity contribution in [1.82, 2.24) is 19.0 Å². The number of rotatable bonds is 2. The average molecular weight is 352 g/mol. The minimum absolute atomic E-state index is 0.0791. The van der Waals surface area contributed by atoms with Gasteiger partial charge in [0, 0.05) is 25.0 Å². The number of fused-ring (bicyclic) bond motifs is 2. The highest BCUT2D eigenvalue weighted by atomic mass is 16.5. The Bertz CT molecular complexity index is 1110. The van der Waals surface area contributed by atoms with Crippen LogP contribution >= 0.6 is 0 Å². The molecule has 7 nitrogen and oxygen atoms in total. The molecule has 0 spiro atoms. The summed E-state index contributed by atoms with van der Waals surface area (Å²) in [6.45, 7) is 2.44. The molecule has 3 heterocycles. The van der Waals surface area contributed by atoms with Crippen molar-refractivity contribution in [1.29, 1.82) is 0 Å². The lowest BCUT2D eigenvalue weighted by molar-refractivity contribution is 0.0741. The van der Waals surface area contributed by atoms with Gasteiger partial charge in [0.15, 0.2) is 0 Å². The number of carbonyl (C=O) groups is 1. The minimum Gasteiger partial charge on any atom is -0.497 e. The van der Waals surface area contributed by atoms with Crippen LogP contribution in [0.3, 0.4) is 0 Å². The van der Waals surface area contributed by atoms with Crippen molar-refractivity contribution in [2.45, 2.75) is 20.0 Å². The third-order valence-electron chi connectivity index (χ3n) is 5.14. The Morgan fingerprint density at radius 1 is 1.15 bits per heavy atom. The summed E-state index contributed by atoms with van der Waals surface area (Å²) in [6.07, 6.45) is 0. The van der Waals surface area contributed by atoms with E-state index in [-0.39, 0.29) is 11.5 Å². The molecule has 3 aromatic rings. The average Bonchev–Trinajstić information content (AvgIpc) is 3.20. The van der Waals surface area contributed by atoms with E-state index in [1.807, 2.05) is 35.9 Å². The van der Waals surface area contributed by atoms with E-state index in [0.29, 0.717) is 35.9 Å². The quantitative estimate of drug-likeness (QED) is 0.705. The van der Waals surface area contributed by atoms with E-state index in [0.717, 1.165) is 16.7 Å². The summed E-state index contributed by atoms with van der Waals surface area (Å²) in [5, 5.41) is 0.941. The van der Waals surface area contributed by atoms with Gasteiger partial charge in [0.05, 0.1) is 31.5 Å². The Kier molecular flexibility index (Phi) is 3.61. The zero-order valence-corrected chi connectivity index (χ0v) is 15.2. The van der Waals surface area contributed by atoms with Gasteiger partial charge < -0.3 is 14.2 Å². The summed E-state index contributed by atoms with van der Waals surface area (Å²) < 4.78 is 8.66. The van der Waals surface area contributed by atoms with Crippen LogP contribution in [0.15, 0.2) is 29.1 Å². The van der Waals surface area contributed by atoms with Gasteiger partial charge in [0.25, 0.3) is 11.5 Å². The molecule has 0 saturated carbocycles. The van der Waals surface area contributed by atoms with E-state index >= 15 is 0 Å². The molecular formula is C19H20N4O3. The van der Waals surface area contributed by atoms with Crippen LogP contribution in [-0.2, 0) is 27.2 Å². The predicted molar refractivity (Wildman–Crippen MR) is 97.3 cm³/mol. The lowest BCUT2D eigenvalue weighted by Crippen LogP contribution is -2.28. The second kappa shape index (κ2) is 5.72. The Hall–Kier alpha value is -3.09. The molecule has 1 aromatic carbocycles. The molecule has 0 aliphatic carbocycles. The second-order valence-corrected chi connectivity index (χ2v) is 6.62. The summed E-state index contributed by atoms with van der Waals surface area (Å²) in [7, 11) is 5.19. The van der Waals surface area contributed by atoms with Gasteiger partial charge in [-0.2, -0.15) is 0 Å². The number of aromatic nitrogens is 3. The molecular weight excluding hydrogens is 332 g/mol. The van der Waals surface area contributed by atoms with Gasteiger partial charge in [0.1, 0.15) is 17.3 Å². The predicted octanol–water partition coefficient (Wildman–Crippen LogP) is 1.75. The Balaban J connectivity index is 1.71. The first kappa shape index (κ1) is 16.4. The van der Waals surface area contributed by atoms with Gasteiger partial charge in [-0.15, -0.1) is 0 Å². The topological polar surface area (TPSA) is 69.4 Å². The van der Waals surface area contributed by atoms with Crippen LogP contribution in [0.4, 0.5) is 0 Å². The fraction of sp³-hybridized carbons (Fsp3) is 0.316. The number of nitrogens with zero attached hydrogens (tertiary/aromatic N) is 4. The van der Waals surface area contributed by atoms with Crippen LogP contribution in [0, 0.1) is 6.92 Å². The molecule has 0 saturated heterocycles. The normalized spacial score (nSPS) is 13.3. The number of carbonyl (C=O) groups excluding carboxylic acids is 1. The maximum atomic E-state index is 13.1. The Morgan fingerprint density at radius 3 is 2.65 bits per heavy atom. The molecule has 1 amide bonds. The second-order valence-electron chi connectivity index (χ2n) is 6.62. The zero-order valence-electron chi connectivity index (χ0n) is 15.2. The van der Waals surface area contributed by atoms with Crippen LogP contribution in [0.25, 0.3) is 10.9 Å². The summed E-state index contributed by atoms with van der Waals surface area (Å²) in [4.78, 5) is 31.7. The third-order valence-corrected chi connectivity index (χ3v) is 5.14. The van der Waals surface area contributed by atoms with E-state index in [1.165, 1.54) is 4.57 Å². The van der Waals surface area contributed by atoms with Crippen LogP contribution in [-0.4, -0.2) is 32.0 Å². The highest BCUT2D eigenvalue weighted by Gasteiger charge is 2.30. The molecule has 0 unspecified atom stereocenters. The molecule has 1 aliphatic rings. The highest BCUT2D eigenvalue weighted by Crippen LogP contribution is 2.26. The summed E-state index contributed by atoms with van der Waals surface area (Å²) >= 11 is 0. The number of amides is 1. The number of aryl methyl sites for hydroxylation is 2. The van der Waals surface area contributed by atoms with Gasteiger partial charge in [-0.25, -0.2) is 4.98 Å². The molecule has 0 N–H and O–H groups in total. The largest absolute Gasteiger partial charge is 0.497 e. The molecule has 4 rings (SSSR count). The first-order valence-corrected chi connectivity index (χ1v) is 8.39. The van der Waals surface area contributed by atoms with E-state index < -0.39 is 0 Å². The summed E-state index contributed by atoms with van der Waals surface area (Å²) in [5.41, 5.74) is 2.75. The van der Waals surface area contributed by atoms with Crippen molar-refractivity contribution in [3.8, 4) is 5.75 Å². The zero-order chi connectivity index (χ0) is 18.6. The summed E-state index contributed by atoms with van der Waals surface area (Å²) in [5.74, 6) is 1.29. The third kappa shape index (κ3) is 2.31. The molecule has 0 radical (unpaired) electrons. The first-order valence-electron chi connectivity index (χ1n) is 8.39. The molecule has 0 atom stereocenters. The molecule has 1 aliphatic heterocycles. The van der Waals surface area contributed by atoms with Crippen LogP contribution in [0.2, 0.25) is 0 Å². The van der Waals surface area contributed by atoms with Crippen molar-refractivity contribution in [3.63, 3.8) is 0 Å². The minimum atomic E-state index is -0.111. The van der Waals surface area contributed by atoms with Gasteiger partial charge >= 0.3 is 0 Å². The lowest BCUT2D eigenvalue weighted by Gasteiger charge is -2.15. The molecule has 7 heteroatoms. The molecule has 0 fully saturated rings. The number of hydrogen-bond donors (Lipinski definition) is 0. The van der Waals surface area contributed by atoms with Crippen molar-refractivity contribution >= 4 is 16.8 Å². The SMILES string of the molecule is COc1ccc2c(c1)cc(C(=O)N1Cc3nc(C)n(C)c(=O)c3C1)n2C. The molecule has 26 heavy (non-hydrogen) atoms. The number of benzene rings is 1. The van der Waals surface area contributed by atoms with Gasteiger partial charge in [-0.05, 0) is 31.2 Å². The van der Waals surface area contributed by atoms with E-state index in [2.05, 4.69) is 4.98 Å². The van der Waals surface area contributed by atoms with E-state index in [1.54, 1.807) is 26.0 Å². The molecule has 134 valence electrons. The Labute approximate surface area is 150 Å². The fourth-order valence-electron chi connectivity index (χ4n) is 3.49. The monoisotopic (exact) mass is 352 g/mol. The standard InChI is InChI=1S/C19H20N4O3/c1-11-20-15-10-23(9-14(15)18(24)21(11)2)19(25)17-8-12-7-13(26-4)5-6-16(12)22(17)3/h5-8H,9-10H2,1-4H3. The number of ether oxygens (including phenoxy) is 1. The Morgan fingerprint density at radius 2 is 1.92 bits per heavy atom. The van der Waals surface area contributed by atoms with Crippen molar-refractivity contribution in [3.05, 3.63) is 57.4 Å². The smallest absolute Gasteiger partial charge is 0.271 e. The summed E-state index contributed by atoms with van der Waals surface area (Å²) in [6, 6.07) is 7.58. The van der Waals surface area contributed by atoms with Gasteiger partial charge in [0.2, 0.25) is 0 Å². The van der Waals surface area contributed by atoms with Gasteiger partial charge in [-0.1, -0.05) is 0 Å². The van der Waals surface area contributed by atoms with Crippen molar-refractivity contribution in [2.75, 3.05) is 7.11 Å².